The standard InChI is InChI=1S/C20H15N3O3/c1-21-7-6-12-2-3-13-9-15(24)11-18-17-10-14(23(25)26)4-5-19(17)22-20(18)16(13)8-12/h2-5,8,10,22H,6-7,9,11H2. The molecule has 0 saturated heterocycles. The highest BCUT2D eigenvalue weighted by molar-refractivity contribution is 5.99. The van der Waals surface area contributed by atoms with E-state index in [4.69, 9.17) is 6.57 Å². The molecule has 0 saturated carbocycles. The van der Waals surface area contributed by atoms with Gasteiger partial charge in [0.15, 0.2) is 0 Å². The van der Waals surface area contributed by atoms with Gasteiger partial charge >= 0.3 is 0 Å². The molecule has 1 N–H and O–H groups in total. The molecule has 26 heavy (non-hydrogen) atoms. The SMILES string of the molecule is [C-]#[N+]CCc1ccc2c(c1)-c1[nH]c3ccc([N+](=O)[O-])cc3c1CC(=O)C2. The average Bonchev–Trinajstić information content (AvgIpc) is 2.91. The van der Waals surface area contributed by atoms with Crippen molar-refractivity contribution in [2.45, 2.75) is 19.3 Å². The van der Waals surface area contributed by atoms with Gasteiger partial charge in [0, 0.05) is 47.9 Å². The summed E-state index contributed by atoms with van der Waals surface area (Å²) < 4.78 is 0. The maximum atomic E-state index is 12.4. The van der Waals surface area contributed by atoms with Crippen LogP contribution in [-0.4, -0.2) is 22.2 Å². The number of benzene rings is 2. The van der Waals surface area contributed by atoms with Crippen molar-refractivity contribution in [3.05, 3.63) is 74.6 Å². The highest BCUT2D eigenvalue weighted by atomic mass is 16.6. The van der Waals surface area contributed by atoms with E-state index in [9.17, 15) is 14.9 Å². The Labute approximate surface area is 149 Å². The fourth-order valence-electron chi connectivity index (χ4n) is 3.59. The van der Waals surface area contributed by atoms with E-state index in [0.717, 1.165) is 38.9 Å². The minimum Gasteiger partial charge on any atom is -0.354 e. The molecule has 1 heterocycles. The van der Waals surface area contributed by atoms with Crippen molar-refractivity contribution in [1.29, 1.82) is 0 Å². The molecule has 0 amide bonds. The number of nitrogens with zero attached hydrogens (tertiary/aromatic N) is 2. The van der Waals surface area contributed by atoms with E-state index in [0.29, 0.717) is 19.4 Å². The second-order valence-electron chi connectivity index (χ2n) is 6.48. The molecule has 0 fully saturated rings. The first kappa shape index (κ1) is 16.0. The highest BCUT2D eigenvalue weighted by Gasteiger charge is 2.24. The molecule has 2 aromatic carbocycles. The zero-order valence-electron chi connectivity index (χ0n) is 13.9. The van der Waals surface area contributed by atoms with Crippen molar-refractivity contribution >= 4 is 22.4 Å². The molecule has 1 aliphatic carbocycles. The number of aromatic amines is 1. The molecule has 1 aliphatic rings. The summed E-state index contributed by atoms with van der Waals surface area (Å²) in [6.45, 7) is 7.39. The Bertz CT molecular complexity index is 1110. The van der Waals surface area contributed by atoms with Crippen molar-refractivity contribution in [3.63, 3.8) is 0 Å². The summed E-state index contributed by atoms with van der Waals surface area (Å²) in [4.78, 5) is 29.9. The van der Waals surface area contributed by atoms with Crippen molar-refractivity contribution in [1.82, 2.24) is 4.98 Å². The lowest BCUT2D eigenvalue weighted by Crippen LogP contribution is -2.04. The number of carbonyl (C=O) groups excluding carboxylic acids is 1. The lowest BCUT2D eigenvalue weighted by atomic mass is 9.98. The molecule has 0 atom stereocenters. The molecule has 3 aromatic rings. The van der Waals surface area contributed by atoms with Crippen LogP contribution < -0.4 is 0 Å². The Balaban J connectivity index is 1.94. The quantitative estimate of drug-likeness (QED) is 0.444. The third kappa shape index (κ3) is 2.64. The molecule has 0 bridgehead atoms. The average molecular weight is 345 g/mol. The van der Waals surface area contributed by atoms with Crippen LogP contribution in [-0.2, 0) is 24.1 Å². The number of Topliss-reactive ketones (excluding diaryl/α,β-unsaturated/α-hetero) is 1. The molecule has 4 rings (SSSR count). The molecule has 0 unspecified atom stereocenters. The van der Waals surface area contributed by atoms with E-state index in [1.807, 2.05) is 18.2 Å². The number of nitrogens with one attached hydrogen (secondary N) is 1. The van der Waals surface area contributed by atoms with Crippen molar-refractivity contribution < 1.29 is 9.72 Å². The molecule has 0 aliphatic heterocycles. The van der Waals surface area contributed by atoms with Crippen LogP contribution in [0.1, 0.15) is 16.7 Å². The van der Waals surface area contributed by atoms with E-state index in [2.05, 4.69) is 9.83 Å². The largest absolute Gasteiger partial charge is 0.354 e. The molecule has 6 nitrogen and oxygen atoms in total. The molecule has 128 valence electrons. The zero-order valence-corrected chi connectivity index (χ0v) is 13.9. The lowest BCUT2D eigenvalue weighted by molar-refractivity contribution is -0.384. The monoisotopic (exact) mass is 345 g/mol. The van der Waals surface area contributed by atoms with E-state index in [1.165, 1.54) is 12.1 Å². The number of non-ortho nitro benzene ring substituents is 1. The number of rotatable bonds is 3. The van der Waals surface area contributed by atoms with Gasteiger partial charge in [-0.25, -0.2) is 6.57 Å². The number of H-pyrrole nitrogens is 1. The second kappa shape index (κ2) is 6.12. The predicted molar refractivity (Wildman–Crippen MR) is 98.0 cm³/mol. The maximum absolute atomic E-state index is 12.4. The van der Waals surface area contributed by atoms with Gasteiger partial charge in [-0.05, 0) is 28.8 Å². The maximum Gasteiger partial charge on any atom is 0.270 e. The van der Waals surface area contributed by atoms with Crippen molar-refractivity contribution in [2.75, 3.05) is 6.54 Å². The van der Waals surface area contributed by atoms with Crippen LogP contribution in [0.4, 0.5) is 5.69 Å². The number of nitro benzene ring substituents is 1. The number of ketones is 1. The first-order valence-corrected chi connectivity index (χ1v) is 8.33. The van der Waals surface area contributed by atoms with Crippen LogP contribution in [0.25, 0.3) is 27.0 Å². The Morgan fingerprint density at radius 3 is 2.81 bits per heavy atom. The van der Waals surface area contributed by atoms with Gasteiger partial charge in [-0.15, -0.1) is 0 Å². The van der Waals surface area contributed by atoms with Gasteiger partial charge in [-0.1, -0.05) is 12.1 Å². The van der Waals surface area contributed by atoms with Crippen molar-refractivity contribution in [2.24, 2.45) is 0 Å². The number of fused-ring (bicyclic) bond motifs is 5. The van der Waals surface area contributed by atoms with E-state index in [1.54, 1.807) is 6.07 Å². The van der Waals surface area contributed by atoms with Gasteiger partial charge in [0.2, 0.25) is 6.54 Å². The zero-order chi connectivity index (χ0) is 18.3. The van der Waals surface area contributed by atoms with Crippen LogP contribution in [0.15, 0.2) is 36.4 Å². The van der Waals surface area contributed by atoms with Crippen LogP contribution in [0.3, 0.4) is 0 Å². The van der Waals surface area contributed by atoms with Crippen LogP contribution in [0.5, 0.6) is 0 Å². The smallest absolute Gasteiger partial charge is 0.270 e. The molecular weight excluding hydrogens is 330 g/mol. The van der Waals surface area contributed by atoms with Crippen molar-refractivity contribution in [3.8, 4) is 11.3 Å². The summed E-state index contributed by atoms with van der Waals surface area (Å²) in [7, 11) is 0. The summed E-state index contributed by atoms with van der Waals surface area (Å²) in [5, 5.41) is 11.8. The van der Waals surface area contributed by atoms with Crippen LogP contribution in [0, 0.1) is 16.7 Å². The van der Waals surface area contributed by atoms with Gasteiger partial charge in [0.25, 0.3) is 5.69 Å². The molecule has 0 spiro atoms. The third-order valence-corrected chi connectivity index (χ3v) is 4.82. The number of hydrogen-bond acceptors (Lipinski definition) is 3. The second-order valence-corrected chi connectivity index (χ2v) is 6.48. The minimum absolute atomic E-state index is 0.0158. The summed E-state index contributed by atoms with van der Waals surface area (Å²) in [5.74, 6) is 0.0892. The highest BCUT2D eigenvalue weighted by Crippen LogP contribution is 2.37. The number of nitro groups is 1. The predicted octanol–water partition coefficient (Wildman–Crippen LogP) is 3.87. The summed E-state index contributed by atoms with van der Waals surface area (Å²) in [6.07, 6.45) is 1.26. The summed E-state index contributed by atoms with van der Waals surface area (Å²) in [5.41, 5.74) is 5.41. The van der Waals surface area contributed by atoms with Crippen LogP contribution >= 0.6 is 0 Å². The molecular formula is C20H15N3O3. The van der Waals surface area contributed by atoms with Gasteiger partial charge in [0.05, 0.1) is 10.6 Å². The Kier molecular flexibility index (Phi) is 3.77. The number of carbonyl (C=O) groups is 1. The van der Waals surface area contributed by atoms with E-state index >= 15 is 0 Å². The summed E-state index contributed by atoms with van der Waals surface area (Å²) >= 11 is 0. The van der Waals surface area contributed by atoms with E-state index < -0.39 is 4.92 Å². The molecule has 6 heteroatoms. The number of aromatic nitrogens is 1. The Hall–Kier alpha value is -3.46. The van der Waals surface area contributed by atoms with Gasteiger partial charge in [0.1, 0.15) is 5.78 Å². The molecule has 0 radical (unpaired) electrons. The first-order chi connectivity index (χ1) is 12.6. The van der Waals surface area contributed by atoms with Gasteiger partial charge in [-0.2, -0.15) is 0 Å². The third-order valence-electron chi connectivity index (χ3n) is 4.82. The number of hydrogen-bond donors (Lipinski definition) is 1. The molecule has 1 aromatic heterocycles. The van der Waals surface area contributed by atoms with Crippen LogP contribution in [0.2, 0.25) is 0 Å². The summed E-state index contributed by atoms with van der Waals surface area (Å²) in [6, 6.07) is 10.6. The fraction of sp³-hybridized carbons (Fsp3) is 0.200. The first-order valence-electron chi connectivity index (χ1n) is 8.33. The lowest BCUT2D eigenvalue weighted by Gasteiger charge is -2.08. The van der Waals surface area contributed by atoms with Gasteiger partial charge in [-0.3, -0.25) is 14.9 Å². The van der Waals surface area contributed by atoms with E-state index in [-0.39, 0.29) is 17.9 Å². The topological polar surface area (TPSA) is 80.4 Å². The minimum atomic E-state index is -0.423. The normalized spacial score (nSPS) is 13.0. The fourth-order valence-corrected chi connectivity index (χ4v) is 3.59. The van der Waals surface area contributed by atoms with Gasteiger partial charge < -0.3 is 9.83 Å². The Morgan fingerprint density at radius 2 is 2.04 bits per heavy atom. The Morgan fingerprint density at radius 1 is 1.19 bits per heavy atom.